The summed E-state index contributed by atoms with van der Waals surface area (Å²) in [5.74, 6) is 0.174. The van der Waals surface area contributed by atoms with Crippen LogP contribution in [-0.4, -0.2) is 36.1 Å². The maximum absolute atomic E-state index is 13.9. The molecule has 0 aliphatic carbocycles. The van der Waals surface area contributed by atoms with Crippen LogP contribution in [0.5, 0.6) is 0 Å². The summed E-state index contributed by atoms with van der Waals surface area (Å²) in [7, 11) is 0. The second-order valence-corrected chi connectivity index (χ2v) is 5.28. The lowest BCUT2D eigenvalue weighted by molar-refractivity contribution is 0.585. The molecule has 0 radical (unpaired) electrons. The second-order valence-electron chi connectivity index (χ2n) is 5.28. The Hall–Kier alpha value is -2.01. The lowest BCUT2D eigenvalue weighted by atomic mass is 10.1. The van der Waals surface area contributed by atoms with Crippen molar-refractivity contribution in [3.8, 4) is 11.4 Å². The standard InChI is InChI=1S/C16H19FN4/c1-11-15(21-9-7-18-8-10-21)12(2)20-16(19-11)13-5-3-4-6-14(13)17/h3-6,18H,7-10H2,1-2H3. The molecule has 1 saturated heterocycles. The van der Waals surface area contributed by atoms with Crippen LogP contribution in [0.4, 0.5) is 10.1 Å². The number of benzene rings is 1. The maximum atomic E-state index is 13.9. The van der Waals surface area contributed by atoms with Crippen molar-refractivity contribution >= 4 is 5.69 Å². The third-order valence-electron chi connectivity index (χ3n) is 3.78. The van der Waals surface area contributed by atoms with Crippen molar-refractivity contribution in [2.45, 2.75) is 13.8 Å². The Balaban J connectivity index is 2.02. The molecule has 3 rings (SSSR count). The minimum Gasteiger partial charge on any atom is -0.366 e. The number of hydrogen-bond donors (Lipinski definition) is 1. The van der Waals surface area contributed by atoms with Gasteiger partial charge in [0.1, 0.15) is 5.82 Å². The number of rotatable bonds is 2. The van der Waals surface area contributed by atoms with E-state index in [9.17, 15) is 4.39 Å². The van der Waals surface area contributed by atoms with Gasteiger partial charge in [0, 0.05) is 26.2 Å². The average Bonchev–Trinajstić information content (AvgIpc) is 2.48. The molecule has 1 fully saturated rings. The maximum Gasteiger partial charge on any atom is 0.162 e. The van der Waals surface area contributed by atoms with Crippen molar-refractivity contribution < 1.29 is 4.39 Å². The summed E-state index contributed by atoms with van der Waals surface area (Å²) in [6, 6.07) is 6.63. The Bertz CT molecular complexity index is 627. The van der Waals surface area contributed by atoms with E-state index in [1.807, 2.05) is 13.8 Å². The molecule has 2 heterocycles. The number of anilines is 1. The fourth-order valence-electron chi connectivity index (χ4n) is 2.82. The minimum atomic E-state index is -0.286. The predicted molar refractivity (Wildman–Crippen MR) is 82.0 cm³/mol. The van der Waals surface area contributed by atoms with E-state index in [2.05, 4.69) is 20.2 Å². The van der Waals surface area contributed by atoms with Gasteiger partial charge in [-0.3, -0.25) is 0 Å². The summed E-state index contributed by atoms with van der Waals surface area (Å²) < 4.78 is 13.9. The zero-order valence-corrected chi connectivity index (χ0v) is 12.4. The number of nitrogens with one attached hydrogen (secondary N) is 1. The molecule has 1 aliphatic heterocycles. The number of piperazine rings is 1. The van der Waals surface area contributed by atoms with Crippen LogP contribution in [0.3, 0.4) is 0 Å². The molecular weight excluding hydrogens is 267 g/mol. The smallest absolute Gasteiger partial charge is 0.162 e. The zero-order valence-electron chi connectivity index (χ0n) is 12.4. The lowest BCUT2D eigenvalue weighted by Gasteiger charge is -2.31. The summed E-state index contributed by atoms with van der Waals surface area (Å²) in [4.78, 5) is 11.4. The highest BCUT2D eigenvalue weighted by atomic mass is 19.1. The average molecular weight is 286 g/mol. The van der Waals surface area contributed by atoms with Gasteiger partial charge in [0.05, 0.1) is 22.6 Å². The van der Waals surface area contributed by atoms with Crippen LogP contribution in [0.1, 0.15) is 11.4 Å². The highest BCUT2D eigenvalue weighted by Gasteiger charge is 2.18. The molecule has 1 aliphatic rings. The number of halogens is 1. The predicted octanol–water partition coefficient (Wildman–Crippen LogP) is 2.31. The topological polar surface area (TPSA) is 41.1 Å². The molecule has 1 aromatic carbocycles. The van der Waals surface area contributed by atoms with E-state index in [0.717, 1.165) is 43.3 Å². The Morgan fingerprint density at radius 3 is 2.29 bits per heavy atom. The van der Waals surface area contributed by atoms with Gasteiger partial charge in [0.2, 0.25) is 0 Å². The number of aryl methyl sites for hydroxylation is 2. The summed E-state index contributed by atoms with van der Waals surface area (Å²) in [6.45, 7) is 7.77. The van der Waals surface area contributed by atoms with Crippen molar-refractivity contribution in [3.05, 3.63) is 41.5 Å². The van der Waals surface area contributed by atoms with E-state index in [1.54, 1.807) is 18.2 Å². The summed E-state index contributed by atoms with van der Waals surface area (Å²) in [6.07, 6.45) is 0. The molecular formula is C16H19FN4. The molecule has 2 aromatic rings. The van der Waals surface area contributed by atoms with Gasteiger partial charge in [0.15, 0.2) is 5.82 Å². The van der Waals surface area contributed by atoms with Crippen LogP contribution >= 0.6 is 0 Å². The Labute approximate surface area is 124 Å². The number of nitrogens with zero attached hydrogens (tertiary/aromatic N) is 3. The van der Waals surface area contributed by atoms with Crippen LogP contribution in [0.2, 0.25) is 0 Å². The van der Waals surface area contributed by atoms with Gasteiger partial charge in [-0.15, -0.1) is 0 Å². The molecule has 0 spiro atoms. The molecule has 21 heavy (non-hydrogen) atoms. The quantitative estimate of drug-likeness (QED) is 0.920. The molecule has 5 heteroatoms. The van der Waals surface area contributed by atoms with E-state index in [1.165, 1.54) is 6.07 Å². The van der Waals surface area contributed by atoms with Gasteiger partial charge in [-0.2, -0.15) is 0 Å². The van der Waals surface area contributed by atoms with Crippen molar-refractivity contribution in [1.82, 2.24) is 15.3 Å². The van der Waals surface area contributed by atoms with Crippen molar-refractivity contribution in [3.63, 3.8) is 0 Å². The van der Waals surface area contributed by atoms with Crippen LogP contribution in [0, 0.1) is 19.7 Å². The van der Waals surface area contributed by atoms with Crippen LogP contribution in [0.25, 0.3) is 11.4 Å². The molecule has 0 saturated carbocycles. The minimum absolute atomic E-state index is 0.286. The van der Waals surface area contributed by atoms with Gasteiger partial charge in [0.25, 0.3) is 0 Å². The highest BCUT2D eigenvalue weighted by Crippen LogP contribution is 2.26. The highest BCUT2D eigenvalue weighted by molar-refractivity contribution is 5.62. The summed E-state index contributed by atoms with van der Waals surface area (Å²) >= 11 is 0. The van der Waals surface area contributed by atoms with Crippen LogP contribution < -0.4 is 10.2 Å². The Morgan fingerprint density at radius 2 is 1.67 bits per heavy atom. The molecule has 0 amide bonds. The number of hydrogen-bond acceptors (Lipinski definition) is 4. The molecule has 1 N–H and O–H groups in total. The van der Waals surface area contributed by atoms with Crippen molar-refractivity contribution in [2.24, 2.45) is 0 Å². The van der Waals surface area contributed by atoms with E-state index >= 15 is 0 Å². The number of aromatic nitrogens is 2. The van der Waals surface area contributed by atoms with Crippen molar-refractivity contribution in [1.29, 1.82) is 0 Å². The normalized spacial score (nSPS) is 15.3. The molecule has 0 atom stereocenters. The first-order valence-electron chi connectivity index (χ1n) is 7.22. The van der Waals surface area contributed by atoms with Gasteiger partial charge < -0.3 is 10.2 Å². The summed E-state index contributed by atoms with van der Waals surface area (Å²) in [5.41, 5.74) is 3.34. The van der Waals surface area contributed by atoms with Crippen molar-refractivity contribution in [2.75, 3.05) is 31.1 Å². The zero-order chi connectivity index (χ0) is 14.8. The first-order valence-corrected chi connectivity index (χ1v) is 7.22. The van der Waals surface area contributed by atoms with Gasteiger partial charge >= 0.3 is 0 Å². The molecule has 0 unspecified atom stereocenters. The fourth-order valence-corrected chi connectivity index (χ4v) is 2.82. The third kappa shape index (κ3) is 2.74. The SMILES string of the molecule is Cc1nc(-c2ccccc2F)nc(C)c1N1CCNCC1. The van der Waals surface area contributed by atoms with Crippen LogP contribution in [-0.2, 0) is 0 Å². The van der Waals surface area contributed by atoms with Crippen LogP contribution in [0.15, 0.2) is 24.3 Å². The molecule has 1 aromatic heterocycles. The fraction of sp³-hybridized carbons (Fsp3) is 0.375. The van der Waals surface area contributed by atoms with E-state index in [-0.39, 0.29) is 5.82 Å². The second kappa shape index (κ2) is 5.77. The molecule has 4 nitrogen and oxygen atoms in total. The van der Waals surface area contributed by atoms with E-state index in [4.69, 9.17) is 0 Å². The first kappa shape index (κ1) is 13.9. The molecule has 0 bridgehead atoms. The van der Waals surface area contributed by atoms with Gasteiger partial charge in [-0.1, -0.05) is 12.1 Å². The molecule has 110 valence electrons. The van der Waals surface area contributed by atoms with E-state index < -0.39 is 0 Å². The third-order valence-corrected chi connectivity index (χ3v) is 3.78. The summed E-state index contributed by atoms with van der Waals surface area (Å²) in [5, 5.41) is 3.34. The largest absolute Gasteiger partial charge is 0.366 e. The van der Waals surface area contributed by atoms with Gasteiger partial charge in [-0.05, 0) is 26.0 Å². The first-order chi connectivity index (χ1) is 10.2. The Morgan fingerprint density at radius 1 is 1.05 bits per heavy atom. The van der Waals surface area contributed by atoms with Gasteiger partial charge in [-0.25, -0.2) is 14.4 Å². The Kier molecular flexibility index (Phi) is 3.84. The monoisotopic (exact) mass is 286 g/mol. The lowest BCUT2D eigenvalue weighted by Crippen LogP contribution is -2.44. The van der Waals surface area contributed by atoms with E-state index in [0.29, 0.717) is 11.4 Å².